The summed E-state index contributed by atoms with van der Waals surface area (Å²) in [5.74, 6) is 0.371. The Morgan fingerprint density at radius 1 is 1.22 bits per heavy atom. The molecule has 1 N–H and O–H groups in total. The summed E-state index contributed by atoms with van der Waals surface area (Å²) in [7, 11) is 0. The Labute approximate surface area is 145 Å². The standard InChI is InChI=1S/C17H21BrN4O/c1-3-10-22(11-4-2)17-19-9-8-15(21-17)16(23)20-14-7-5-6-13(18)12-14/h5-9,12H,3-4,10-11H2,1-2H3,(H,20,23). The van der Waals surface area contributed by atoms with E-state index in [0.717, 1.165) is 36.1 Å². The van der Waals surface area contributed by atoms with Crippen LogP contribution in [0.4, 0.5) is 11.6 Å². The van der Waals surface area contributed by atoms with Crippen LogP contribution in [-0.2, 0) is 0 Å². The fourth-order valence-corrected chi connectivity index (χ4v) is 2.64. The van der Waals surface area contributed by atoms with E-state index in [9.17, 15) is 4.79 Å². The van der Waals surface area contributed by atoms with Crippen LogP contribution in [-0.4, -0.2) is 29.0 Å². The molecule has 0 aliphatic heterocycles. The smallest absolute Gasteiger partial charge is 0.274 e. The predicted octanol–water partition coefficient (Wildman–Crippen LogP) is 4.12. The van der Waals surface area contributed by atoms with E-state index in [1.54, 1.807) is 12.3 Å². The number of anilines is 2. The maximum absolute atomic E-state index is 12.4. The summed E-state index contributed by atoms with van der Waals surface area (Å²) in [6.45, 7) is 5.99. The molecule has 6 heteroatoms. The van der Waals surface area contributed by atoms with Crippen molar-refractivity contribution in [3.63, 3.8) is 0 Å². The molecule has 1 aromatic heterocycles. The monoisotopic (exact) mass is 376 g/mol. The van der Waals surface area contributed by atoms with Gasteiger partial charge in [-0.05, 0) is 37.1 Å². The van der Waals surface area contributed by atoms with Crippen LogP contribution in [0.3, 0.4) is 0 Å². The SMILES string of the molecule is CCCN(CCC)c1nccc(C(=O)Nc2cccc(Br)c2)n1. The number of nitrogens with zero attached hydrogens (tertiary/aromatic N) is 3. The van der Waals surface area contributed by atoms with Gasteiger partial charge < -0.3 is 10.2 Å². The Balaban J connectivity index is 2.16. The number of amides is 1. The van der Waals surface area contributed by atoms with Gasteiger partial charge in [0.1, 0.15) is 5.69 Å². The summed E-state index contributed by atoms with van der Waals surface area (Å²) in [5.41, 5.74) is 1.09. The van der Waals surface area contributed by atoms with Crippen molar-refractivity contribution in [2.24, 2.45) is 0 Å². The minimum atomic E-state index is -0.236. The van der Waals surface area contributed by atoms with E-state index in [1.807, 2.05) is 24.3 Å². The van der Waals surface area contributed by atoms with Crippen LogP contribution in [0.25, 0.3) is 0 Å². The molecule has 23 heavy (non-hydrogen) atoms. The Morgan fingerprint density at radius 2 is 1.96 bits per heavy atom. The summed E-state index contributed by atoms with van der Waals surface area (Å²) in [6.07, 6.45) is 3.66. The summed E-state index contributed by atoms with van der Waals surface area (Å²) >= 11 is 3.39. The van der Waals surface area contributed by atoms with Gasteiger partial charge in [0.15, 0.2) is 0 Å². The second-order valence-electron chi connectivity index (χ2n) is 5.19. The molecule has 0 bridgehead atoms. The zero-order valence-electron chi connectivity index (χ0n) is 13.4. The van der Waals surface area contributed by atoms with E-state index < -0.39 is 0 Å². The molecule has 0 saturated carbocycles. The minimum Gasteiger partial charge on any atom is -0.341 e. The highest BCUT2D eigenvalue weighted by atomic mass is 79.9. The summed E-state index contributed by atoms with van der Waals surface area (Å²) < 4.78 is 0.913. The van der Waals surface area contributed by atoms with Gasteiger partial charge in [-0.15, -0.1) is 0 Å². The third-order valence-corrected chi connectivity index (χ3v) is 3.72. The molecule has 0 aliphatic rings. The summed E-state index contributed by atoms with van der Waals surface area (Å²) in [6, 6.07) is 9.10. The largest absolute Gasteiger partial charge is 0.341 e. The Kier molecular flexibility index (Phi) is 6.52. The molecule has 0 aliphatic carbocycles. The van der Waals surface area contributed by atoms with E-state index in [-0.39, 0.29) is 5.91 Å². The highest BCUT2D eigenvalue weighted by Crippen LogP contribution is 2.17. The summed E-state index contributed by atoms with van der Waals surface area (Å²) in [5, 5.41) is 2.85. The summed E-state index contributed by atoms with van der Waals surface area (Å²) in [4.78, 5) is 23.2. The molecule has 0 radical (unpaired) electrons. The lowest BCUT2D eigenvalue weighted by atomic mass is 10.3. The van der Waals surface area contributed by atoms with Crippen molar-refractivity contribution < 1.29 is 4.79 Å². The molecule has 1 heterocycles. The molecule has 0 saturated heterocycles. The van der Waals surface area contributed by atoms with E-state index in [2.05, 4.69) is 50.0 Å². The number of carbonyl (C=O) groups excluding carboxylic acids is 1. The van der Waals surface area contributed by atoms with Crippen molar-refractivity contribution in [3.05, 3.63) is 46.7 Å². The van der Waals surface area contributed by atoms with E-state index >= 15 is 0 Å². The van der Waals surface area contributed by atoms with Crippen LogP contribution in [0.1, 0.15) is 37.2 Å². The van der Waals surface area contributed by atoms with Crippen LogP contribution in [0.15, 0.2) is 41.0 Å². The minimum absolute atomic E-state index is 0.236. The van der Waals surface area contributed by atoms with Gasteiger partial charge in [-0.3, -0.25) is 4.79 Å². The number of hydrogen-bond acceptors (Lipinski definition) is 4. The fourth-order valence-electron chi connectivity index (χ4n) is 2.24. The number of halogens is 1. The van der Waals surface area contributed by atoms with Gasteiger partial charge >= 0.3 is 0 Å². The van der Waals surface area contributed by atoms with Crippen LogP contribution in [0, 0.1) is 0 Å². The van der Waals surface area contributed by atoms with Crippen molar-refractivity contribution in [2.45, 2.75) is 26.7 Å². The molecular formula is C17H21BrN4O. The molecule has 0 unspecified atom stereocenters. The first kappa shape index (κ1) is 17.4. The van der Waals surface area contributed by atoms with Gasteiger partial charge in [-0.1, -0.05) is 35.8 Å². The fraction of sp³-hybridized carbons (Fsp3) is 0.353. The number of nitrogens with one attached hydrogen (secondary N) is 1. The molecule has 122 valence electrons. The van der Waals surface area contributed by atoms with Crippen molar-refractivity contribution in [2.75, 3.05) is 23.3 Å². The Bertz CT molecular complexity index is 657. The molecule has 0 atom stereocenters. The maximum Gasteiger partial charge on any atom is 0.274 e. The van der Waals surface area contributed by atoms with Crippen molar-refractivity contribution in [1.82, 2.24) is 9.97 Å². The highest BCUT2D eigenvalue weighted by molar-refractivity contribution is 9.10. The first-order chi connectivity index (χ1) is 11.1. The zero-order valence-corrected chi connectivity index (χ0v) is 15.0. The number of carbonyl (C=O) groups is 1. The van der Waals surface area contributed by atoms with Gasteiger partial charge in [0.25, 0.3) is 5.91 Å². The average molecular weight is 377 g/mol. The first-order valence-electron chi connectivity index (χ1n) is 7.79. The zero-order chi connectivity index (χ0) is 16.7. The normalized spacial score (nSPS) is 10.4. The lowest BCUT2D eigenvalue weighted by molar-refractivity contribution is 0.102. The Morgan fingerprint density at radius 3 is 2.61 bits per heavy atom. The van der Waals surface area contributed by atoms with Crippen LogP contribution in [0.5, 0.6) is 0 Å². The van der Waals surface area contributed by atoms with Crippen LogP contribution >= 0.6 is 15.9 Å². The number of hydrogen-bond donors (Lipinski definition) is 1. The first-order valence-corrected chi connectivity index (χ1v) is 8.58. The second kappa shape index (κ2) is 8.62. The average Bonchev–Trinajstić information content (AvgIpc) is 2.55. The second-order valence-corrected chi connectivity index (χ2v) is 6.11. The predicted molar refractivity (Wildman–Crippen MR) is 96.9 cm³/mol. The Hall–Kier alpha value is -1.95. The van der Waals surface area contributed by atoms with Gasteiger partial charge in [0.05, 0.1) is 0 Å². The molecule has 1 amide bonds. The molecule has 1 aromatic carbocycles. The van der Waals surface area contributed by atoms with E-state index in [1.165, 1.54) is 0 Å². The number of rotatable bonds is 7. The molecule has 2 aromatic rings. The van der Waals surface area contributed by atoms with Crippen LogP contribution < -0.4 is 10.2 Å². The van der Waals surface area contributed by atoms with Crippen LogP contribution in [0.2, 0.25) is 0 Å². The lowest BCUT2D eigenvalue weighted by Crippen LogP contribution is -2.27. The van der Waals surface area contributed by atoms with Gasteiger partial charge in [-0.25, -0.2) is 9.97 Å². The molecule has 2 rings (SSSR count). The van der Waals surface area contributed by atoms with Crippen molar-refractivity contribution in [1.29, 1.82) is 0 Å². The molecular weight excluding hydrogens is 356 g/mol. The number of benzene rings is 1. The molecule has 0 fully saturated rings. The van der Waals surface area contributed by atoms with Crippen molar-refractivity contribution in [3.8, 4) is 0 Å². The quantitative estimate of drug-likeness (QED) is 0.789. The van der Waals surface area contributed by atoms with Gasteiger partial charge in [-0.2, -0.15) is 0 Å². The third kappa shape index (κ3) is 5.03. The highest BCUT2D eigenvalue weighted by Gasteiger charge is 2.13. The van der Waals surface area contributed by atoms with Gasteiger partial charge in [0.2, 0.25) is 5.95 Å². The molecule has 5 nitrogen and oxygen atoms in total. The van der Waals surface area contributed by atoms with Crippen molar-refractivity contribution >= 4 is 33.5 Å². The topological polar surface area (TPSA) is 58.1 Å². The molecule has 0 spiro atoms. The maximum atomic E-state index is 12.4. The third-order valence-electron chi connectivity index (χ3n) is 3.23. The van der Waals surface area contributed by atoms with E-state index in [4.69, 9.17) is 0 Å². The lowest BCUT2D eigenvalue weighted by Gasteiger charge is -2.21. The van der Waals surface area contributed by atoms with Gasteiger partial charge in [0, 0.05) is 29.4 Å². The van der Waals surface area contributed by atoms with E-state index in [0.29, 0.717) is 11.6 Å². The number of aromatic nitrogens is 2.